The van der Waals surface area contributed by atoms with Crippen molar-refractivity contribution in [3.05, 3.63) is 29.8 Å². The van der Waals surface area contributed by atoms with Crippen molar-refractivity contribution in [2.45, 2.75) is 49.5 Å². The van der Waals surface area contributed by atoms with Crippen molar-refractivity contribution in [3.63, 3.8) is 0 Å². The van der Waals surface area contributed by atoms with Crippen LogP contribution >= 0.6 is 0 Å². The third kappa shape index (κ3) is 3.41. The molecule has 3 rings (SSSR count). The summed E-state index contributed by atoms with van der Waals surface area (Å²) < 4.78 is 22.7. The van der Waals surface area contributed by atoms with E-state index >= 15 is 0 Å². The first-order chi connectivity index (χ1) is 11.7. The first kappa shape index (κ1) is 17.9. The Bertz CT molecular complexity index is 785. The molecule has 1 saturated heterocycles. The highest BCUT2D eigenvalue weighted by molar-refractivity contribution is 7.89. The number of nitrogens with one attached hydrogen (secondary N) is 1. The van der Waals surface area contributed by atoms with Crippen LogP contribution in [0.5, 0.6) is 0 Å². The summed E-state index contributed by atoms with van der Waals surface area (Å²) in [6, 6.07) is 5.33. The van der Waals surface area contributed by atoms with Crippen molar-refractivity contribution in [1.29, 1.82) is 0 Å². The Balaban J connectivity index is 1.81. The Morgan fingerprint density at radius 1 is 1.16 bits per heavy atom. The Morgan fingerprint density at radius 2 is 1.76 bits per heavy atom. The van der Waals surface area contributed by atoms with Gasteiger partial charge in [-0.05, 0) is 43.4 Å². The number of nitrogens with zero attached hydrogens (tertiary/aromatic N) is 1. The Kier molecular flexibility index (Phi) is 4.59. The van der Waals surface area contributed by atoms with Gasteiger partial charge in [0.05, 0.1) is 4.90 Å². The van der Waals surface area contributed by atoms with Crippen molar-refractivity contribution >= 4 is 22.0 Å². The number of rotatable bonds is 4. The third-order valence-corrected chi connectivity index (χ3v) is 6.13. The van der Waals surface area contributed by atoms with Crippen LogP contribution in [-0.2, 0) is 20.4 Å². The smallest absolute Gasteiger partial charge is 0.319 e. The molecule has 0 spiro atoms. The number of imide groups is 1. The summed E-state index contributed by atoms with van der Waals surface area (Å²) >= 11 is 0. The molecule has 1 unspecified atom stereocenters. The van der Waals surface area contributed by atoms with Gasteiger partial charge in [0.1, 0.15) is 5.54 Å². The second kappa shape index (κ2) is 6.42. The van der Waals surface area contributed by atoms with Gasteiger partial charge in [-0.1, -0.05) is 31.4 Å². The van der Waals surface area contributed by atoms with Gasteiger partial charge in [-0.2, -0.15) is 0 Å². The minimum Gasteiger partial charge on any atom is -0.319 e. The average molecular weight is 365 g/mol. The maximum atomic E-state index is 12.9. The number of carbonyl (C=O) groups excluding carboxylic acids is 2. The molecule has 1 atom stereocenters. The molecule has 0 bridgehead atoms. The maximum absolute atomic E-state index is 12.9. The fraction of sp³-hybridized carbons (Fsp3) is 0.529. The van der Waals surface area contributed by atoms with Crippen molar-refractivity contribution in [2.75, 3.05) is 6.54 Å². The number of amides is 3. The number of sulfonamides is 1. The largest absolute Gasteiger partial charge is 0.325 e. The van der Waals surface area contributed by atoms with E-state index in [0.29, 0.717) is 18.0 Å². The predicted octanol–water partition coefficient (Wildman–Crippen LogP) is 1.68. The molecule has 0 radical (unpaired) electrons. The Hall–Kier alpha value is -1.93. The number of hydrogen-bond acceptors (Lipinski definition) is 4. The topological polar surface area (TPSA) is 110 Å². The highest BCUT2D eigenvalue weighted by Gasteiger charge is 2.49. The van der Waals surface area contributed by atoms with E-state index in [1.165, 1.54) is 35.6 Å². The number of nitrogens with two attached hydrogens (primary N) is 1. The molecule has 1 aromatic rings. The molecular formula is C17H23N3O4S. The highest BCUT2D eigenvalue weighted by Crippen LogP contribution is 2.32. The molecule has 8 heteroatoms. The van der Waals surface area contributed by atoms with Crippen LogP contribution in [0.2, 0.25) is 0 Å². The second-order valence-electron chi connectivity index (χ2n) is 7.04. The van der Waals surface area contributed by atoms with Crippen LogP contribution in [0.25, 0.3) is 0 Å². The van der Waals surface area contributed by atoms with Gasteiger partial charge in [0, 0.05) is 6.54 Å². The van der Waals surface area contributed by atoms with Crippen LogP contribution in [0.3, 0.4) is 0 Å². The van der Waals surface area contributed by atoms with Crippen LogP contribution in [0.1, 0.15) is 44.6 Å². The van der Waals surface area contributed by atoms with E-state index in [4.69, 9.17) is 5.14 Å². The summed E-state index contributed by atoms with van der Waals surface area (Å²) in [6.07, 6.45) is 5.57. The molecule has 1 aliphatic carbocycles. The summed E-state index contributed by atoms with van der Waals surface area (Å²) in [5.74, 6) is 0.0574. The lowest BCUT2D eigenvalue weighted by Crippen LogP contribution is -2.41. The van der Waals surface area contributed by atoms with Gasteiger partial charge < -0.3 is 5.32 Å². The number of urea groups is 1. The van der Waals surface area contributed by atoms with Crippen LogP contribution in [0.4, 0.5) is 4.79 Å². The third-order valence-electron chi connectivity index (χ3n) is 5.20. The van der Waals surface area contributed by atoms with Gasteiger partial charge >= 0.3 is 6.03 Å². The summed E-state index contributed by atoms with van der Waals surface area (Å²) in [7, 11) is -3.80. The molecule has 25 heavy (non-hydrogen) atoms. The molecule has 136 valence electrons. The van der Waals surface area contributed by atoms with Crippen LogP contribution < -0.4 is 10.5 Å². The zero-order chi connectivity index (χ0) is 18.2. The SMILES string of the molecule is CC1(c2ccc(S(N)(=O)=O)cc2)NC(=O)N(CC2CCCCC2)C1=O. The first-order valence-corrected chi connectivity index (χ1v) is 10.0. The molecule has 0 aromatic heterocycles. The molecule has 3 N–H and O–H groups in total. The van der Waals surface area contributed by atoms with E-state index in [0.717, 1.165) is 25.7 Å². The maximum Gasteiger partial charge on any atom is 0.325 e. The molecule has 3 amide bonds. The van der Waals surface area contributed by atoms with Gasteiger partial charge in [-0.15, -0.1) is 0 Å². The molecule has 7 nitrogen and oxygen atoms in total. The molecule has 1 saturated carbocycles. The van der Waals surface area contributed by atoms with Gasteiger partial charge in [0.15, 0.2) is 0 Å². The van der Waals surface area contributed by atoms with Crippen molar-refractivity contribution in [2.24, 2.45) is 11.1 Å². The zero-order valence-electron chi connectivity index (χ0n) is 14.2. The van der Waals surface area contributed by atoms with Crippen LogP contribution in [0, 0.1) is 5.92 Å². The number of benzene rings is 1. The van der Waals surface area contributed by atoms with Crippen LogP contribution in [-0.4, -0.2) is 31.8 Å². The fourth-order valence-electron chi connectivity index (χ4n) is 3.66. The van der Waals surface area contributed by atoms with Crippen molar-refractivity contribution < 1.29 is 18.0 Å². The lowest BCUT2D eigenvalue weighted by molar-refractivity contribution is -0.131. The van der Waals surface area contributed by atoms with Crippen LogP contribution in [0.15, 0.2) is 29.2 Å². The minimum absolute atomic E-state index is 0.0318. The first-order valence-electron chi connectivity index (χ1n) is 8.49. The van der Waals surface area contributed by atoms with Gasteiger partial charge in [0.25, 0.3) is 5.91 Å². The van der Waals surface area contributed by atoms with E-state index in [2.05, 4.69) is 5.32 Å². The minimum atomic E-state index is -3.80. The summed E-state index contributed by atoms with van der Waals surface area (Å²) in [4.78, 5) is 26.5. The summed E-state index contributed by atoms with van der Waals surface area (Å²) in [5.41, 5.74) is -0.660. The van der Waals surface area contributed by atoms with Crippen molar-refractivity contribution in [3.8, 4) is 0 Å². The zero-order valence-corrected chi connectivity index (χ0v) is 15.0. The number of hydrogen-bond donors (Lipinski definition) is 2. The summed E-state index contributed by atoms with van der Waals surface area (Å²) in [6.45, 7) is 2.08. The molecule has 1 aromatic carbocycles. The van der Waals surface area contributed by atoms with Gasteiger partial charge in [-0.25, -0.2) is 18.4 Å². The molecule has 2 aliphatic rings. The molecule has 1 heterocycles. The normalized spacial score (nSPS) is 25.3. The van der Waals surface area contributed by atoms with E-state index in [1.54, 1.807) is 6.92 Å². The molecule has 1 aliphatic heterocycles. The van der Waals surface area contributed by atoms with Crippen molar-refractivity contribution in [1.82, 2.24) is 10.2 Å². The van der Waals surface area contributed by atoms with Gasteiger partial charge in [-0.3, -0.25) is 9.69 Å². The Morgan fingerprint density at radius 3 is 2.32 bits per heavy atom. The summed E-state index contributed by atoms with van der Waals surface area (Å²) in [5, 5.41) is 7.85. The quantitative estimate of drug-likeness (QED) is 0.791. The highest BCUT2D eigenvalue weighted by atomic mass is 32.2. The lowest BCUT2D eigenvalue weighted by Gasteiger charge is -2.26. The molecule has 2 fully saturated rings. The predicted molar refractivity (Wildman–Crippen MR) is 92.0 cm³/mol. The lowest BCUT2D eigenvalue weighted by atomic mass is 9.88. The van der Waals surface area contributed by atoms with Gasteiger partial charge in [0.2, 0.25) is 10.0 Å². The fourth-order valence-corrected chi connectivity index (χ4v) is 4.18. The molecular weight excluding hydrogens is 342 g/mol. The second-order valence-corrected chi connectivity index (χ2v) is 8.61. The standard InChI is InChI=1S/C17H23N3O4S/c1-17(13-7-9-14(10-8-13)25(18,23)24)15(21)20(16(22)19-17)11-12-5-3-2-4-6-12/h7-10,12H,2-6,11H2,1H3,(H,19,22)(H2,18,23,24). The van der Waals surface area contributed by atoms with E-state index in [1.807, 2.05) is 0 Å². The van der Waals surface area contributed by atoms with E-state index in [-0.39, 0.29) is 10.8 Å². The monoisotopic (exact) mass is 365 g/mol. The van der Waals surface area contributed by atoms with E-state index in [9.17, 15) is 18.0 Å². The van der Waals surface area contributed by atoms with E-state index < -0.39 is 21.6 Å². The average Bonchev–Trinajstić information content (AvgIpc) is 2.79. The Labute approximate surface area is 147 Å². The number of primary sulfonamides is 1. The number of carbonyl (C=O) groups is 2.